The summed E-state index contributed by atoms with van der Waals surface area (Å²) in [5, 5.41) is 3.35. The number of hydrogen-bond donors (Lipinski definition) is 1. The zero-order chi connectivity index (χ0) is 15.6. The van der Waals surface area contributed by atoms with E-state index in [4.69, 9.17) is 11.6 Å². The molecule has 0 spiro atoms. The fraction of sp³-hybridized carbons (Fsp3) is 0.333. The molecule has 2 atom stereocenters. The standard InChI is InChI=1S/C15H15ClF3NS/c1-9(20-10(2)13-7-8-14(16)21-13)11-3-5-12(6-4-11)15(17,18)19/h3-10,20H,1-2H3. The van der Waals surface area contributed by atoms with Gasteiger partial charge in [0, 0.05) is 17.0 Å². The maximum absolute atomic E-state index is 12.5. The lowest BCUT2D eigenvalue weighted by Gasteiger charge is -2.20. The lowest BCUT2D eigenvalue weighted by atomic mass is 10.0. The van der Waals surface area contributed by atoms with Gasteiger partial charge in [-0.3, -0.25) is 0 Å². The Morgan fingerprint density at radius 3 is 2.10 bits per heavy atom. The molecule has 0 aliphatic heterocycles. The first-order valence-corrected chi connectivity index (χ1v) is 7.65. The van der Waals surface area contributed by atoms with Crippen molar-refractivity contribution in [2.75, 3.05) is 0 Å². The first kappa shape index (κ1) is 16.3. The lowest BCUT2D eigenvalue weighted by Crippen LogP contribution is -2.21. The number of rotatable bonds is 4. The Balaban J connectivity index is 2.04. The maximum Gasteiger partial charge on any atom is 0.416 e. The van der Waals surface area contributed by atoms with Crippen molar-refractivity contribution in [1.82, 2.24) is 5.32 Å². The molecule has 2 aromatic rings. The Hall–Kier alpha value is -1.04. The minimum Gasteiger partial charge on any atom is -0.303 e. The molecule has 0 saturated carbocycles. The van der Waals surface area contributed by atoms with E-state index < -0.39 is 11.7 Å². The highest BCUT2D eigenvalue weighted by Crippen LogP contribution is 2.31. The van der Waals surface area contributed by atoms with Crippen molar-refractivity contribution in [3.05, 3.63) is 56.7 Å². The zero-order valence-corrected chi connectivity index (χ0v) is 13.1. The molecule has 1 N–H and O–H groups in total. The molecule has 114 valence electrons. The number of thiophene rings is 1. The fourth-order valence-electron chi connectivity index (χ4n) is 2.08. The van der Waals surface area contributed by atoms with Crippen LogP contribution in [0.25, 0.3) is 0 Å². The van der Waals surface area contributed by atoms with E-state index in [0.717, 1.165) is 26.9 Å². The largest absolute Gasteiger partial charge is 0.416 e. The SMILES string of the molecule is CC(NC(C)c1ccc(Cl)s1)c1ccc(C(F)(F)F)cc1. The Bertz CT molecular complexity index is 592. The van der Waals surface area contributed by atoms with Gasteiger partial charge in [0.15, 0.2) is 0 Å². The molecule has 2 unspecified atom stereocenters. The molecule has 1 nitrogen and oxygen atoms in total. The monoisotopic (exact) mass is 333 g/mol. The van der Waals surface area contributed by atoms with Crippen molar-refractivity contribution in [3.63, 3.8) is 0 Å². The highest BCUT2D eigenvalue weighted by atomic mass is 35.5. The molecule has 0 saturated heterocycles. The first-order chi connectivity index (χ1) is 9.77. The minimum atomic E-state index is -4.30. The van der Waals surface area contributed by atoms with Crippen LogP contribution in [0.15, 0.2) is 36.4 Å². The van der Waals surface area contributed by atoms with Crippen LogP contribution in [0.2, 0.25) is 4.34 Å². The van der Waals surface area contributed by atoms with Crippen LogP contribution in [-0.4, -0.2) is 0 Å². The Morgan fingerprint density at radius 2 is 1.62 bits per heavy atom. The summed E-state index contributed by atoms with van der Waals surface area (Å²) in [5.74, 6) is 0. The van der Waals surface area contributed by atoms with Gasteiger partial charge in [0.05, 0.1) is 9.90 Å². The second-order valence-electron chi connectivity index (χ2n) is 4.87. The van der Waals surface area contributed by atoms with Crippen LogP contribution in [0.3, 0.4) is 0 Å². The summed E-state index contributed by atoms with van der Waals surface area (Å²) in [6.07, 6.45) is -4.30. The van der Waals surface area contributed by atoms with Crippen molar-refractivity contribution < 1.29 is 13.2 Å². The van der Waals surface area contributed by atoms with Gasteiger partial charge in [-0.15, -0.1) is 11.3 Å². The van der Waals surface area contributed by atoms with Crippen LogP contribution in [0.5, 0.6) is 0 Å². The summed E-state index contributed by atoms with van der Waals surface area (Å²) in [4.78, 5) is 1.10. The molecular weight excluding hydrogens is 319 g/mol. The van der Waals surface area contributed by atoms with Gasteiger partial charge in [-0.1, -0.05) is 23.7 Å². The average Bonchev–Trinajstić information content (AvgIpc) is 2.84. The van der Waals surface area contributed by atoms with Crippen molar-refractivity contribution in [2.24, 2.45) is 0 Å². The zero-order valence-electron chi connectivity index (χ0n) is 11.5. The fourth-order valence-corrected chi connectivity index (χ4v) is 3.15. The van der Waals surface area contributed by atoms with Gasteiger partial charge in [-0.05, 0) is 43.7 Å². The predicted octanol–water partition coefficient (Wildman–Crippen LogP) is 5.83. The van der Waals surface area contributed by atoms with E-state index >= 15 is 0 Å². The number of alkyl halides is 3. The molecule has 2 rings (SSSR count). The molecule has 0 bridgehead atoms. The maximum atomic E-state index is 12.5. The van der Waals surface area contributed by atoms with Crippen LogP contribution in [0.4, 0.5) is 13.2 Å². The number of benzene rings is 1. The third-order valence-corrected chi connectivity index (χ3v) is 4.67. The number of hydrogen-bond acceptors (Lipinski definition) is 2. The minimum absolute atomic E-state index is 0.0526. The van der Waals surface area contributed by atoms with Gasteiger partial charge >= 0.3 is 6.18 Å². The molecule has 6 heteroatoms. The summed E-state index contributed by atoms with van der Waals surface area (Å²) in [5.41, 5.74) is 0.189. The molecular formula is C15H15ClF3NS. The van der Waals surface area contributed by atoms with Crippen LogP contribution >= 0.6 is 22.9 Å². The van der Waals surface area contributed by atoms with E-state index in [1.165, 1.54) is 23.5 Å². The molecule has 1 aromatic heterocycles. The molecule has 0 amide bonds. The van der Waals surface area contributed by atoms with Crippen LogP contribution in [0, 0.1) is 0 Å². The summed E-state index contributed by atoms with van der Waals surface area (Å²) in [6, 6.07) is 9.05. The van der Waals surface area contributed by atoms with Crippen molar-refractivity contribution >= 4 is 22.9 Å². The normalized spacial score (nSPS) is 15.0. The Kier molecular flexibility index (Phi) is 4.96. The summed E-state index contributed by atoms with van der Waals surface area (Å²) < 4.78 is 38.3. The third-order valence-electron chi connectivity index (χ3n) is 3.26. The highest BCUT2D eigenvalue weighted by molar-refractivity contribution is 7.16. The smallest absolute Gasteiger partial charge is 0.303 e. The summed E-state index contributed by atoms with van der Waals surface area (Å²) in [7, 11) is 0. The highest BCUT2D eigenvalue weighted by Gasteiger charge is 2.30. The molecule has 0 aliphatic carbocycles. The van der Waals surface area contributed by atoms with Gasteiger partial charge in [-0.25, -0.2) is 0 Å². The van der Waals surface area contributed by atoms with E-state index in [2.05, 4.69) is 5.32 Å². The Labute approximate surface area is 130 Å². The van der Waals surface area contributed by atoms with Gasteiger partial charge in [0.25, 0.3) is 0 Å². The van der Waals surface area contributed by atoms with Crippen LogP contribution < -0.4 is 5.32 Å². The van der Waals surface area contributed by atoms with Gasteiger partial charge in [-0.2, -0.15) is 13.2 Å². The summed E-state index contributed by atoms with van der Waals surface area (Å²) in [6.45, 7) is 3.93. The van der Waals surface area contributed by atoms with E-state index in [1.807, 2.05) is 26.0 Å². The van der Waals surface area contributed by atoms with Crippen molar-refractivity contribution in [2.45, 2.75) is 32.1 Å². The quantitative estimate of drug-likeness (QED) is 0.742. The second kappa shape index (κ2) is 6.38. The molecule has 0 aliphatic rings. The molecule has 0 radical (unpaired) electrons. The molecule has 0 fully saturated rings. The third kappa shape index (κ3) is 4.22. The molecule has 1 heterocycles. The second-order valence-corrected chi connectivity index (χ2v) is 6.62. The average molecular weight is 334 g/mol. The van der Waals surface area contributed by atoms with E-state index in [9.17, 15) is 13.2 Å². The van der Waals surface area contributed by atoms with Crippen molar-refractivity contribution in [3.8, 4) is 0 Å². The molecule has 1 aromatic carbocycles. The molecule has 21 heavy (non-hydrogen) atoms. The van der Waals surface area contributed by atoms with Crippen LogP contribution in [0.1, 0.15) is 41.9 Å². The van der Waals surface area contributed by atoms with E-state index in [1.54, 1.807) is 0 Å². The lowest BCUT2D eigenvalue weighted by molar-refractivity contribution is -0.137. The van der Waals surface area contributed by atoms with E-state index in [0.29, 0.717) is 0 Å². The van der Waals surface area contributed by atoms with Crippen LogP contribution in [-0.2, 0) is 6.18 Å². The first-order valence-electron chi connectivity index (χ1n) is 6.46. The number of halogens is 4. The van der Waals surface area contributed by atoms with Gasteiger partial charge in [0.2, 0.25) is 0 Å². The van der Waals surface area contributed by atoms with Crippen molar-refractivity contribution in [1.29, 1.82) is 0 Å². The summed E-state index contributed by atoms with van der Waals surface area (Å²) >= 11 is 7.40. The predicted molar refractivity (Wildman–Crippen MR) is 80.7 cm³/mol. The topological polar surface area (TPSA) is 12.0 Å². The number of nitrogens with one attached hydrogen (secondary N) is 1. The van der Waals surface area contributed by atoms with E-state index in [-0.39, 0.29) is 12.1 Å². The van der Waals surface area contributed by atoms with Gasteiger partial charge in [0.1, 0.15) is 0 Å². The Morgan fingerprint density at radius 1 is 1.00 bits per heavy atom. The van der Waals surface area contributed by atoms with Gasteiger partial charge < -0.3 is 5.32 Å².